The third-order valence-electron chi connectivity index (χ3n) is 6.30. The summed E-state index contributed by atoms with van der Waals surface area (Å²) in [6, 6.07) is 19.2. The molecule has 8 nitrogen and oxygen atoms in total. The first-order chi connectivity index (χ1) is 17.8. The van der Waals surface area contributed by atoms with Gasteiger partial charge < -0.3 is 9.47 Å². The highest BCUT2D eigenvalue weighted by molar-refractivity contribution is 5.95. The Bertz CT molecular complexity index is 1090. The van der Waals surface area contributed by atoms with Crippen molar-refractivity contribution in [3.8, 4) is 0 Å². The monoisotopic (exact) mass is 522 g/mol. The molecule has 0 aromatic heterocycles. The maximum absolute atomic E-state index is 12.3. The summed E-state index contributed by atoms with van der Waals surface area (Å²) in [6.45, 7) is 7.73. The van der Waals surface area contributed by atoms with Crippen LogP contribution < -0.4 is 0 Å². The molecule has 2 saturated heterocycles. The summed E-state index contributed by atoms with van der Waals surface area (Å²) in [5.41, 5.74) is 2.19. The largest absolute Gasteiger partial charge is 0.447 e. The number of hydrogen-bond acceptors (Lipinski definition) is 6. The number of allylic oxidation sites excluding steroid dienone is 1. The molecule has 0 N–H and O–H groups in total. The number of hydrogen-bond donors (Lipinski definition) is 0. The molecule has 0 aliphatic carbocycles. The average molecular weight is 523 g/mol. The number of amides is 4. The van der Waals surface area contributed by atoms with Crippen molar-refractivity contribution in [2.45, 2.75) is 59.0 Å². The highest BCUT2D eigenvalue weighted by Gasteiger charge is 2.39. The summed E-state index contributed by atoms with van der Waals surface area (Å²) in [7, 11) is 0. The van der Waals surface area contributed by atoms with E-state index in [2.05, 4.69) is 6.58 Å². The molecule has 0 unspecified atom stereocenters. The van der Waals surface area contributed by atoms with Crippen LogP contribution >= 0.6 is 0 Å². The maximum atomic E-state index is 12.3. The highest BCUT2D eigenvalue weighted by Crippen LogP contribution is 2.21. The number of carbonyl (C=O) groups excluding carboxylic acids is 4. The molecule has 0 saturated carbocycles. The van der Waals surface area contributed by atoms with Crippen molar-refractivity contribution in [3.05, 3.63) is 84.4 Å². The van der Waals surface area contributed by atoms with Crippen LogP contribution in [0.25, 0.3) is 0 Å². The zero-order valence-electron chi connectivity index (χ0n) is 21.4. The lowest BCUT2D eigenvalue weighted by Crippen LogP contribution is -2.42. The Kier molecular flexibility index (Phi) is 11.7. The molecule has 8 heteroatoms. The van der Waals surface area contributed by atoms with E-state index in [1.807, 2.05) is 60.7 Å². The standard InChI is InChI=1S/C16H19NO3.C13H15NO3.CH4/c1-3-7-12(2)15(18)17-14(11-20-16(17)19)10-13-8-5-4-6-9-13;1-2-12(15)14-11(9-17-13(14)16)8-10-6-4-3-5-7-10;/h3-6,8-9,12,14H,1,7,10-11H2,2H3;3-7,11H,2,8-9H2,1H3;1H4/t12-,14+;11-;/m01./s1. The van der Waals surface area contributed by atoms with Crippen LogP contribution in [0.5, 0.6) is 0 Å². The molecular formula is C30H38N2O6. The lowest BCUT2D eigenvalue weighted by Gasteiger charge is -2.22. The van der Waals surface area contributed by atoms with Crippen molar-refractivity contribution in [2.24, 2.45) is 5.92 Å². The van der Waals surface area contributed by atoms with Gasteiger partial charge in [-0.3, -0.25) is 9.59 Å². The molecule has 2 fully saturated rings. The zero-order chi connectivity index (χ0) is 26.8. The van der Waals surface area contributed by atoms with Gasteiger partial charge in [-0.25, -0.2) is 19.4 Å². The predicted molar refractivity (Wildman–Crippen MR) is 145 cm³/mol. The first-order valence-corrected chi connectivity index (χ1v) is 12.5. The van der Waals surface area contributed by atoms with Crippen LogP contribution in [0.15, 0.2) is 73.3 Å². The van der Waals surface area contributed by atoms with E-state index >= 15 is 0 Å². The second-order valence-corrected chi connectivity index (χ2v) is 9.09. The molecule has 4 amide bonds. The van der Waals surface area contributed by atoms with E-state index in [0.29, 0.717) is 32.3 Å². The van der Waals surface area contributed by atoms with Crippen LogP contribution in [0.4, 0.5) is 9.59 Å². The van der Waals surface area contributed by atoms with Crippen molar-refractivity contribution in [2.75, 3.05) is 13.2 Å². The van der Waals surface area contributed by atoms with Gasteiger partial charge in [-0.05, 0) is 30.4 Å². The minimum atomic E-state index is -0.535. The fourth-order valence-corrected chi connectivity index (χ4v) is 4.33. The summed E-state index contributed by atoms with van der Waals surface area (Å²) in [5, 5.41) is 0. The minimum absolute atomic E-state index is 0. The number of carbonyl (C=O) groups is 4. The molecule has 3 atom stereocenters. The van der Waals surface area contributed by atoms with Crippen molar-refractivity contribution < 1.29 is 28.7 Å². The highest BCUT2D eigenvalue weighted by atomic mass is 16.6. The molecule has 204 valence electrons. The van der Waals surface area contributed by atoms with Gasteiger partial charge in [0, 0.05) is 12.3 Å². The molecular weight excluding hydrogens is 484 g/mol. The first-order valence-electron chi connectivity index (χ1n) is 12.5. The van der Waals surface area contributed by atoms with Gasteiger partial charge in [0.05, 0.1) is 12.1 Å². The fourth-order valence-electron chi connectivity index (χ4n) is 4.33. The van der Waals surface area contributed by atoms with E-state index in [1.54, 1.807) is 19.9 Å². The van der Waals surface area contributed by atoms with Gasteiger partial charge in [0.1, 0.15) is 13.2 Å². The smallest absolute Gasteiger partial charge is 0.416 e. The van der Waals surface area contributed by atoms with E-state index in [1.165, 1.54) is 9.80 Å². The molecule has 0 radical (unpaired) electrons. The van der Waals surface area contributed by atoms with Gasteiger partial charge in [-0.1, -0.05) is 88.0 Å². The van der Waals surface area contributed by atoms with Crippen LogP contribution in [0.3, 0.4) is 0 Å². The third kappa shape index (κ3) is 7.78. The van der Waals surface area contributed by atoms with E-state index in [9.17, 15) is 19.2 Å². The van der Waals surface area contributed by atoms with Gasteiger partial charge >= 0.3 is 12.2 Å². The number of nitrogens with zero attached hydrogens (tertiary/aromatic N) is 2. The number of rotatable bonds is 8. The SMILES string of the molecule is C.C=CC[C@H](C)C(=O)N1C(=O)OC[C@H]1Cc1ccccc1.CCC(=O)N1C(=O)OC[C@H]1Cc1ccccc1. The van der Waals surface area contributed by atoms with Gasteiger partial charge in [0.2, 0.25) is 11.8 Å². The second-order valence-electron chi connectivity index (χ2n) is 9.09. The second kappa shape index (κ2) is 14.7. The Morgan fingerprint density at radius 2 is 1.34 bits per heavy atom. The van der Waals surface area contributed by atoms with Gasteiger partial charge in [0.15, 0.2) is 0 Å². The Balaban J connectivity index is 0.000000263. The van der Waals surface area contributed by atoms with E-state index in [-0.39, 0.29) is 43.8 Å². The lowest BCUT2D eigenvalue weighted by molar-refractivity contribution is -0.133. The minimum Gasteiger partial charge on any atom is -0.447 e. The summed E-state index contributed by atoms with van der Waals surface area (Å²) < 4.78 is 9.98. The number of cyclic esters (lactones) is 2. The number of benzene rings is 2. The summed E-state index contributed by atoms with van der Waals surface area (Å²) in [4.78, 5) is 49.7. The molecule has 2 heterocycles. The van der Waals surface area contributed by atoms with Crippen molar-refractivity contribution in [1.82, 2.24) is 9.80 Å². The van der Waals surface area contributed by atoms with Gasteiger partial charge in [-0.15, -0.1) is 6.58 Å². The van der Waals surface area contributed by atoms with Crippen molar-refractivity contribution in [3.63, 3.8) is 0 Å². The van der Waals surface area contributed by atoms with E-state index in [4.69, 9.17) is 9.47 Å². The van der Waals surface area contributed by atoms with Crippen LogP contribution in [0.2, 0.25) is 0 Å². The van der Waals surface area contributed by atoms with E-state index < -0.39 is 12.2 Å². The van der Waals surface area contributed by atoms with Gasteiger partial charge in [0.25, 0.3) is 0 Å². The molecule has 2 aromatic rings. The van der Waals surface area contributed by atoms with Crippen LogP contribution in [0, 0.1) is 5.92 Å². The Hall–Kier alpha value is -3.94. The normalized spacial score (nSPS) is 18.9. The van der Waals surface area contributed by atoms with E-state index in [0.717, 1.165) is 11.1 Å². The first kappa shape index (κ1) is 30.3. The molecule has 0 bridgehead atoms. The fraction of sp³-hybridized carbons (Fsp3) is 0.400. The molecule has 38 heavy (non-hydrogen) atoms. The molecule has 4 rings (SSSR count). The van der Waals surface area contributed by atoms with Crippen LogP contribution in [-0.2, 0) is 31.9 Å². The molecule has 0 spiro atoms. The predicted octanol–water partition coefficient (Wildman–Crippen LogP) is 5.41. The zero-order valence-corrected chi connectivity index (χ0v) is 21.4. The van der Waals surface area contributed by atoms with Crippen molar-refractivity contribution >= 4 is 24.0 Å². The number of ether oxygens (including phenoxy) is 2. The Morgan fingerprint density at radius 1 is 0.895 bits per heavy atom. The van der Waals surface area contributed by atoms with Crippen LogP contribution in [0.1, 0.15) is 45.2 Å². The summed E-state index contributed by atoms with van der Waals surface area (Å²) in [6.07, 6.45) is 2.79. The van der Waals surface area contributed by atoms with Crippen LogP contribution in [-0.4, -0.2) is 59.1 Å². The quantitative estimate of drug-likeness (QED) is 0.430. The molecule has 2 aliphatic heterocycles. The third-order valence-corrected chi connectivity index (χ3v) is 6.30. The van der Waals surface area contributed by atoms with Crippen molar-refractivity contribution in [1.29, 1.82) is 0 Å². The summed E-state index contributed by atoms with van der Waals surface area (Å²) >= 11 is 0. The average Bonchev–Trinajstić information content (AvgIpc) is 3.46. The number of imide groups is 2. The topological polar surface area (TPSA) is 93.2 Å². The molecule has 2 aromatic carbocycles. The Morgan fingerprint density at radius 3 is 1.79 bits per heavy atom. The molecule has 2 aliphatic rings. The lowest BCUT2D eigenvalue weighted by atomic mass is 10.0. The maximum Gasteiger partial charge on any atom is 0.416 e. The summed E-state index contributed by atoms with van der Waals surface area (Å²) in [5.74, 6) is -0.613. The van der Waals surface area contributed by atoms with Gasteiger partial charge in [-0.2, -0.15) is 0 Å². The Labute approximate surface area is 225 Å².